The van der Waals surface area contributed by atoms with Crippen molar-refractivity contribution in [1.82, 2.24) is 20.4 Å². The number of nitrogens with zero attached hydrogens (tertiary/aromatic N) is 3. The Morgan fingerprint density at radius 2 is 2.13 bits per heavy atom. The summed E-state index contributed by atoms with van der Waals surface area (Å²) in [6.45, 7) is 8.54. The molecule has 2 heterocycles. The van der Waals surface area contributed by atoms with Crippen LogP contribution in [0.2, 0.25) is 0 Å². The number of ether oxygens (including phenoxy) is 1. The molecule has 1 fully saturated rings. The molecule has 0 spiro atoms. The third kappa shape index (κ3) is 4.43. The lowest BCUT2D eigenvalue weighted by atomic mass is 10.2. The van der Waals surface area contributed by atoms with Crippen molar-refractivity contribution in [1.29, 1.82) is 0 Å². The smallest absolute Gasteiger partial charge is 0.241 e. The zero-order valence-corrected chi connectivity index (χ0v) is 14.3. The van der Waals surface area contributed by atoms with Gasteiger partial charge in [-0.25, -0.2) is 0 Å². The molecule has 3 rings (SSSR count). The van der Waals surface area contributed by atoms with E-state index in [1.807, 2.05) is 31.2 Å². The molecular formula is C16H23ClN4O2. The lowest BCUT2D eigenvalue weighted by Crippen LogP contribution is -2.49. The van der Waals surface area contributed by atoms with Crippen molar-refractivity contribution in [2.45, 2.75) is 26.4 Å². The van der Waals surface area contributed by atoms with Crippen molar-refractivity contribution in [3.05, 3.63) is 30.2 Å². The van der Waals surface area contributed by atoms with Gasteiger partial charge in [0.1, 0.15) is 5.75 Å². The minimum atomic E-state index is 0. The van der Waals surface area contributed by atoms with Gasteiger partial charge in [0.2, 0.25) is 11.7 Å². The third-order valence-corrected chi connectivity index (χ3v) is 3.87. The summed E-state index contributed by atoms with van der Waals surface area (Å²) in [4.78, 5) is 6.86. The van der Waals surface area contributed by atoms with Crippen molar-refractivity contribution in [3.63, 3.8) is 0 Å². The lowest BCUT2D eigenvalue weighted by Gasteiger charge is -2.32. The Labute approximate surface area is 142 Å². The maximum atomic E-state index is 5.44. The molecular weight excluding hydrogens is 316 g/mol. The highest BCUT2D eigenvalue weighted by Gasteiger charge is 2.20. The second kappa shape index (κ2) is 8.29. The Morgan fingerprint density at radius 3 is 2.83 bits per heavy atom. The Hall–Kier alpha value is -1.63. The zero-order valence-electron chi connectivity index (χ0n) is 13.5. The minimum Gasteiger partial charge on any atom is -0.494 e. The summed E-state index contributed by atoms with van der Waals surface area (Å²) in [6.07, 6.45) is 0. The van der Waals surface area contributed by atoms with Crippen LogP contribution < -0.4 is 10.1 Å². The molecule has 0 saturated carbocycles. The van der Waals surface area contributed by atoms with E-state index in [1.165, 1.54) is 0 Å². The summed E-state index contributed by atoms with van der Waals surface area (Å²) < 4.78 is 10.8. The van der Waals surface area contributed by atoms with E-state index >= 15 is 0 Å². The predicted molar refractivity (Wildman–Crippen MR) is 90.9 cm³/mol. The standard InChI is InChI=1S/C16H22N4O2.ClH/c1-3-21-14-6-4-13(5-7-14)16-18-15(22-19-16)11-20-9-8-17-10-12(20)2;/h4-7,12,17H,3,8-11H2,1-2H3;1H/t12-;/m1./s1. The van der Waals surface area contributed by atoms with Crippen LogP contribution in [0, 0.1) is 0 Å². The van der Waals surface area contributed by atoms with Gasteiger partial charge in [-0.1, -0.05) is 5.16 Å². The van der Waals surface area contributed by atoms with Crippen molar-refractivity contribution in [3.8, 4) is 17.1 Å². The number of benzene rings is 1. The van der Waals surface area contributed by atoms with Crippen LogP contribution in [-0.4, -0.2) is 47.3 Å². The molecule has 1 aromatic carbocycles. The molecule has 0 amide bonds. The van der Waals surface area contributed by atoms with E-state index in [0.717, 1.165) is 30.9 Å². The molecule has 23 heavy (non-hydrogen) atoms. The molecule has 1 N–H and O–H groups in total. The molecule has 7 heteroatoms. The quantitative estimate of drug-likeness (QED) is 0.903. The molecule has 0 unspecified atom stereocenters. The van der Waals surface area contributed by atoms with Gasteiger partial charge in [0.05, 0.1) is 13.2 Å². The van der Waals surface area contributed by atoms with Gasteiger partial charge in [-0.15, -0.1) is 12.4 Å². The third-order valence-electron chi connectivity index (χ3n) is 3.87. The average molecular weight is 339 g/mol. The van der Waals surface area contributed by atoms with Gasteiger partial charge in [-0.05, 0) is 38.1 Å². The summed E-state index contributed by atoms with van der Waals surface area (Å²) in [6, 6.07) is 8.23. The molecule has 1 aliphatic heterocycles. The van der Waals surface area contributed by atoms with Gasteiger partial charge in [0.15, 0.2) is 0 Å². The first-order chi connectivity index (χ1) is 10.8. The van der Waals surface area contributed by atoms with E-state index in [0.29, 0.717) is 30.9 Å². The predicted octanol–water partition coefficient (Wildman–Crippen LogP) is 2.35. The Kier molecular flexibility index (Phi) is 6.38. The molecule has 0 bridgehead atoms. The number of nitrogens with one attached hydrogen (secondary N) is 1. The average Bonchev–Trinajstić information content (AvgIpc) is 2.99. The van der Waals surface area contributed by atoms with Gasteiger partial charge in [-0.3, -0.25) is 4.90 Å². The van der Waals surface area contributed by atoms with Crippen LogP contribution in [0.1, 0.15) is 19.7 Å². The fourth-order valence-electron chi connectivity index (χ4n) is 2.59. The lowest BCUT2D eigenvalue weighted by molar-refractivity contribution is 0.146. The largest absolute Gasteiger partial charge is 0.494 e. The maximum absolute atomic E-state index is 5.44. The first kappa shape index (κ1) is 17.7. The Bertz CT molecular complexity index is 602. The van der Waals surface area contributed by atoms with Crippen molar-refractivity contribution in [2.24, 2.45) is 0 Å². The maximum Gasteiger partial charge on any atom is 0.241 e. The molecule has 1 aliphatic rings. The summed E-state index contributed by atoms with van der Waals surface area (Å²) in [7, 11) is 0. The molecule has 0 radical (unpaired) electrons. The van der Waals surface area contributed by atoms with Gasteiger partial charge >= 0.3 is 0 Å². The van der Waals surface area contributed by atoms with Crippen LogP contribution in [0.3, 0.4) is 0 Å². The van der Waals surface area contributed by atoms with E-state index in [2.05, 4.69) is 27.3 Å². The van der Waals surface area contributed by atoms with Crippen LogP contribution in [0.25, 0.3) is 11.4 Å². The number of halogens is 1. The van der Waals surface area contributed by atoms with Crippen LogP contribution >= 0.6 is 12.4 Å². The SMILES string of the molecule is CCOc1ccc(-c2noc(CN3CCNC[C@H]3C)n2)cc1.Cl. The summed E-state index contributed by atoms with van der Waals surface area (Å²) in [5, 5.41) is 7.46. The summed E-state index contributed by atoms with van der Waals surface area (Å²) in [5.41, 5.74) is 0.937. The highest BCUT2D eigenvalue weighted by atomic mass is 35.5. The number of hydrogen-bond donors (Lipinski definition) is 1. The zero-order chi connectivity index (χ0) is 15.4. The Balaban J connectivity index is 0.00000192. The van der Waals surface area contributed by atoms with E-state index in [-0.39, 0.29) is 12.4 Å². The molecule has 0 aliphatic carbocycles. The summed E-state index contributed by atoms with van der Waals surface area (Å²) >= 11 is 0. The van der Waals surface area contributed by atoms with E-state index in [9.17, 15) is 0 Å². The fraction of sp³-hybridized carbons (Fsp3) is 0.500. The second-order valence-electron chi connectivity index (χ2n) is 5.49. The number of aromatic nitrogens is 2. The first-order valence-corrected chi connectivity index (χ1v) is 7.77. The summed E-state index contributed by atoms with van der Waals surface area (Å²) in [5.74, 6) is 2.14. The molecule has 1 aromatic heterocycles. The molecule has 6 nitrogen and oxygen atoms in total. The van der Waals surface area contributed by atoms with Crippen LogP contribution in [0.15, 0.2) is 28.8 Å². The molecule has 1 saturated heterocycles. The Morgan fingerprint density at radius 1 is 1.35 bits per heavy atom. The van der Waals surface area contributed by atoms with Crippen molar-refractivity contribution >= 4 is 12.4 Å². The van der Waals surface area contributed by atoms with Crippen LogP contribution in [0.4, 0.5) is 0 Å². The highest BCUT2D eigenvalue weighted by Crippen LogP contribution is 2.20. The van der Waals surface area contributed by atoms with Crippen molar-refractivity contribution < 1.29 is 9.26 Å². The van der Waals surface area contributed by atoms with Crippen LogP contribution in [0.5, 0.6) is 5.75 Å². The van der Waals surface area contributed by atoms with Gasteiger partial charge in [-0.2, -0.15) is 4.98 Å². The van der Waals surface area contributed by atoms with Crippen LogP contribution in [-0.2, 0) is 6.54 Å². The minimum absolute atomic E-state index is 0. The molecule has 2 aromatic rings. The monoisotopic (exact) mass is 338 g/mol. The highest BCUT2D eigenvalue weighted by molar-refractivity contribution is 5.85. The van der Waals surface area contributed by atoms with Gasteiger partial charge in [0, 0.05) is 31.2 Å². The van der Waals surface area contributed by atoms with E-state index < -0.39 is 0 Å². The second-order valence-corrected chi connectivity index (χ2v) is 5.49. The van der Waals surface area contributed by atoms with E-state index in [4.69, 9.17) is 9.26 Å². The number of piperazine rings is 1. The molecule has 126 valence electrons. The normalized spacial score (nSPS) is 18.4. The topological polar surface area (TPSA) is 63.4 Å². The van der Waals surface area contributed by atoms with Gasteiger partial charge in [0.25, 0.3) is 0 Å². The molecule has 1 atom stereocenters. The van der Waals surface area contributed by atoms with Crippen molar-refractivity contribution in [2.75, 3.05) is 26.2 Å². The van der Waals surface area contributed by atoms with Gasteiger partial charge < -0.3 is 14.6 Å². The number of rotatable bonds is 5. The fourth-order valence-corrected chi connectivity index (χ4v) is 2.59. The van der Waals surface area contributed by atoms with E-state index in [1.54, 1.807) is 0 Å². The first-order valence-electron chi connectivity index (χ1n) is 7.77. The number of hydrogen-bond acceptors (Lipinski definition) is 6.